The van der Waals surface area contributed by atoms with E-state index in [2.05, 4.69) is 5.32 Å². The normalized spacial score (nSPS) is 11.0. The summed E-state index contributed by atoms with van der Waals surface area (Å²) in [5, 5.41) is 11.2. The van der Waals surface area contributed by atoms with E-state index in [0.717, 1.165) is 6.26 Å². The molecule has 0 saturated heterocycles. The molecule has 7 heteroatoms. The standard InChI is InChI=1S/C11H13NO5S/c1-7-5-8(11(14)15)3-4-9(7)12-10(13)6-18(2,16)17/h3-5H,6H2,1-2H3,(H,12,13)(H,14,15). The molecule has 0 radical (unpaired) electrons. The molecule has 98 valence electrons. The van der Waals surface area contributed by atoms with Gasteiger partial charge < -0.3 is 10.4 Å². The van der Waals surface area contributed by atoms with Crippen LogP contribution in [-0.2, 0) is 14.6 Å². The number of sulfone groups is 1. The van der Waals surface area contributed by atoms with Gasteiger partial charge in [-0.25, -0.2) is 13.2 Å². The second-order valence-electron chi connectivity index (χ2n) is 3.95. The van der Waals surface area contributed by atoms with Gasteiger partial charge in [-0.1, -0.05) is 0 Å². The first kappa shape index (κ1) is 14.2. The van der Waals surface area contributed by atoms with Crippen LogP contribution in [0.25, 0.3) is 0 Å². The van der Waals surface area contributed by atoms with Gasteiger partial charge in [0.15, 0.2) is 9.84 Å². The Morgan fingerprint density at radius 1 is 1.33 bits per heavy atom. The van der Waals surface area contributed by atoms with Crippen LogP contribution in [0.3, 0.4) is 0 Å². The summed E-state index contributed by atoms with van der Waals surface area (Å²) in [5.74, 6) is -2.32. The maximum absolute atomic E-state index is 11.4. The van der Waals surface area contributed by atoms with E-state index in [9.17, 15) is 18.0 Å². The summed E-state index contributed by atoms with van der Waals surface area (Å²) in [7, 11) is -3.38. The second-order valence-corrected chi connectivity index (χ2v) is 6.09. The zero-order chi connectivity index (χ0) is 13.9. The molecule has 0 aliphatic rings. The van der Waals surface area contributed by atoms with E-state index < -0.39 is 27.5 Å². The molecule has 18 heavy (non-hydrogen) atoms. The highest BCUT2D eigenvalue weighted by Gasteiger charge is 2.12. The summed E-state index contributed by atoms with van der Waals surface area (Å²) in [4.78, 5) is 22.1. The molecule has 0 heterocycles. The van der Waals surface area contributed by atoms with Gasteiger partial charge in [0.1, 0.15) is 5.75 Å². The SMILES string of the molecule is Cc1cc(C(=O)O)ccc1NC(=O)CS(C)(=O)=O. The van der Waals surface area contributed by atoms with Crippen molar-refractivity contribution in [2.24, 2.45) is 0 Å². The van der Waals surface area contributed by atoms with Gasteiger partial charge >= 0.3 is 5.97 Å². The van der Waals surface area contributed by atoms with Crippen molar-refractivity contribution in [1.82, 2.24) is 0 Å². The number of hydrogen-bond donors (Lipinski definition) is 2. The predicted octanol–water partition coefficient (Wildman–Crippen LogP) is 0.676. The lowest BCUT2D eigenvalue weighted by Crippen LogP contribution is -2.22. The average molecular weight is 271 g/mol. The van der Waals surface area contributed by atoms with Gasteiger partial charge in [0.05, 0.1) is 5.56 Å². The monoisotopic (exact) mass is 271 g/mol. The summed E-state index contributed by atoms with van der Waals surface area (Å²) >= 11 is 0. The molecule has 1 aromatic carbocycles. The van der Waals surface area contributed by atoms with Crippen molar-refractivity contribution in [3.05, 3.63) is 29.3 Å². The minimum absolute atomic E-state index is 0.105. The van der Waals surface area contributed by atoms with E-state index in [4.69, 9.17) is 5.11 Å². The minimum Gasteiger partial charge on any atom is -0.478 e. The van der Waals surface area contributed by atoms with Crippen molar-refractivity contribution in [3.63, 3.8) is 0 Å². The van der Waals surface area contributed by atoms with Crippen molar-refractivity contribution in [3.8, 4) is 0 Å². The quantitative estimate of drug-likeness (QED) is 0.838. The van der Waals surface area contributed by atoms with Gasteiger partial charge in [0.2, 0.25) is 5.91 Å². The third-order valence-corrected chi connectivity index (χ3v) is 2.93. The Hall–Kier alpha value is -1.89. The van der Waals surface area contributed by atoms with E-state index in [0.29, 0.717) is 11.3 Å². The average Bonchev–Trinajstić information content (AvgIpc) is 2.17. The summed E-state index contributed by atoms with van der Waals surface area (Å²) in [5.41, 5.74) is 1.05. The number of carbonyl (C=O) groups excluding carboxylic acids is 1. The van der Waals surface area contributed by atoms with Crippen molar-refractivity contribution in [1.29, 1.82) is 0 Å². The van der Waals surface area contributed by atoms with Crippen molar-refractivity contribution in [2.45, 2.75) is 6.92 Å². The van der Waals surface area contributed by atoms with Crippen LogP contribution in [0.1, 0.15) is 15.9 Å². The molecule has 0 aliphatic heterocycles. The van der Waals surface area contributed by atoms with Crippen LogP contribution in [0.2, 0.25) is 0 Å². The van der Waals surface area contributed by atoms with Gasteiger partial charge in [-0.3, -0.25) is 4.79 Å². The largest absolute Gasteiger partial charge is 0.478 e. The van der Waals surface area contributed by atoms with Crippen LogP contribution in [-0.4, -0.2) is 37.4 Å². The number of nitrogens with one attached hydrogen (secondary N) is 1. The number of aromatic carboxylic acids is 1. The molecule has 1 aromatic rings. The van der Waals surface area contributed by atoms with Gasteiger partial charge in [-0.15, -0.1) is 0 Å². The van der Waals surface area contributed by atoms with Gasteiger partial charge in [-0.2, -0.15) is 0 Å². The smallest absolute Gasteiger partial charge is 0.335 e. The number of carbonyl (C=O) groups is 2. The molecule has 2 N–H and O–H groups in total. The highest BCUT2D eigenvalue weighted by molar-refractivity contribution is 7.91. The topological polar surface area (TPSA) is 101 Å². The molecule has 0 saturated carbocycles. The number of rotatable bonds is 4. The molecule has 0 spiro atoms. The summed E-state index contributed by atoms with van der Waals surface area (Å²) in [6, 6.07) is 4.17. The lowest BCUT2D eigenvalue weighted by atomic mass is 10.1. The molecular weight excluding hydrogens is 258 g/mol. The second kappa shape index (κ2) is 5.18. The third kappa shape index (κ3) is 4.17. The zero-order valence-corrected chi connectivity index (χ0v) is 10.7. The molecule has 0 aromatic heterocycles. The predicted molar refractivity (Wildman–Crippen MR) is 66.5 cm³/mol. The van der Waals surface area contributed by atoms with Crippen LogP contribution >= 0.6 is 0 Å². The maximum Gasteiger partial charge on any atom is 0.335 e. The fraction of sp³-hybridized carbons (Fsp3) is 0.273. The van der Waals surface area contributed by atoms with Crippen LogP contribution < -0.4 is 5.32 Å². The minimum atomic E-state index is -3.38. The Balaban J connectivity index is 2.86. The van der Waals surface area contributed by atoms with Crippen molar-refractivity contribution >= 4 is 27.4 Å². The number of anilines is 1. The lowest BCUT2D eigenvalue weighted by molar-refractivity contribution is -0.113. The summed E-state index contributed by atoms with van der Waals surface area (Å²) < 4.78 is 21.8. The van der Waals surface area contributed by atoms with E-state index >= 15 is 0 Å². The first-order valence-corrected chi connectivity index (χ1v) is 7.06. The summed E-state index contributed by atoms with van der Waals surface area (Å²) in [6.45, 7) is 1.63. The van der Waals surface area contributed by atoms with Crippen LogP contribution in [0, 0.1) is 6.92 Å². The molecule has 0 bridgehead atoms. The fourth-order valence-corrected chi connectivity index (χ4v) is 1.91. The number of carboxylic acid groups (broad SMARTS) is 1. The highest BCUT2D eigenvalue weighted by Crippen LogP contribution is 2.16. The first-order chi connectivity index (χ1) is 8.19. The Morgan fingerprint density at radius 3 is 2.39 bits per heavy atom. The zero-order valence-electron chi connectivity index (χ0n) is 9.93. The molecule has 0 aliphatic carbocycles. The van der Waals surface area contributed by atoms with Gasteiger partial charge in [0, 0.05) is 11.9 Å². The number of aryl methyl sites for hydroxylation is 1. The number of benzene rings is 1. The van der Waals surface area contributed by atoms with Crippen LogP contribution in [0.5, 0.6) is 0 Å². The number of amides is 1. The van der Waals surface area contributed by atoms with Crippen molar-refractivity contribution in [2.75, 3.05) is 17.3 Å². The summed E-state index contributed by atoms with van der Waals surface area (Å²) in [6.07, 6.45) is 0.965. The Kier molecular flexibility index (Phi) is 4.07. The van der Waals surface area contributed by atoms with E-state index in [-0.39, 0.29) is 5.56 Å². The van der Waals surface area contributed by atoms with E-state index in [1.165, 1.54) is 18.2 Å². The van der Waals surface area contributed by atoms with E-state index in [1.54, 1.807) is 6.92 Å². The van der Waals surface area contributed by atoms with Gasteiger partial charge in [-0.05, 0) is 30.7 Å². The molecule has 0 unspecified atom stereocenters. The number of hydrogen-bond acceptors (Lipinski definition) is 4. The third-order valence-electron chi connectivity index (χ3n) is 2.14. The highest BCUT2D eigenvalue weighted by atomic mass is 32.2. The lowest BCUT2D eigenvalue weighted by Gasteiger charge is -2.08. The molecule has 6 nitrogen and oxygen atoms in total. The van der Waals surface area contributed by atoms with Crippen LogP contribution in [0.4, 0.5) is 5.69 Å². The number of carboxylic acids is 1. The molecule has 1 rings (SSSR count). The van der Waals surface area contributed by atoms with E-state index in [1.807, 2.05) is 0 Å². The van der Waals surface area contributed by atoms with Crippen molar-refractivity contribution < 1.29 is 23.1 Å². The molecule has 0 atom stereocenters. The Labute approximate surface area is 105 Å². The van der Waals surface area contributed by atoms with Crippen LogP contribution in [0.15, 0.2) is 18.2 Å². The fourth-order valence-electron chi connectivity index (χ4n) is 1.36. The Morgan fingerprint density at radius 2 is 1.94 bits per heavy atom. The maximum atomic E-state index is 11.4. The Bertz CT molecular complexity index is 591. The molecule has 0 fully saturated rings. The van der Waals surface area contributed by atoms with Gasteiger partial charge in [0.25, 0.3) is 0 Å². The first-order valence-electron chi connectivity index (χ1n) is 5.00. The molecule has 1 amide bonds. The molecular formula is C11H13NO5S.